The van der Waals surface area contributed by atoms with Crippen molar-refractivity contribution in [3.8, 4) is 5.75 Å². The highest BCUT2D eigenvalue weighted by molar-refractivity contribution is 5.59. The van der Waals surface area contributed by atoms with Gasteiger partial charge in [-0.15, -0.1) is 0 Å². The number of likely N-dealkylation sites (N-methyl/N-ethyl adjacent to an activating group) is 1. The molecule has 2 N–H and O–H groups in total. The van der Waals surface area contributed by atoms with Gasteiger partial charge in [-0.05, 0) is 45.0 Å². The number of nitrogens with one attached hydrogen (secondary N) is 2. The second kappa shape index (κ2) is 5.92. The van der Waals surface area contributed by atoms with Crippen molar-refractivity contribution < 1.29 is 4.74 Å². The first-order chi connectivity index (χ1) is 8.02. The molecule has 3 nitrogen and oxygen atoms in total. The van der Waals surface area contributed by atoms with Crippen LogP contribution < -0.4 is 15.4 Å². The van der Waals surface area contributed by atoms with Crippen molar-refractivity contribution in [3.05, 3.63) is 23.8 Å². The predicted molar refractivity (Wildman–Crippen MR) is 74.0 cm³/mol. The maximum Gasteiger partial charge on any atom is 0.141 e. The smallest absolute Gasteiger partial charge is 0.141 e. The number of hydrogen-bond acceptors (Lipinski definition) is 3. The summed E-state index contributed by atoms with van der Waals surface area (Å²) in [5.41, 5.74) is 2.37. The lowest BCUT2D eigenvalue weighted by molar-refractivity contribution is 0.414. The van der Waals surface area contributed by atoms with E-state index in [0.717, 1.165) is 24.4 Å². The zero-order valence-electron chi connectivity index (χ0n) is 11.6. The Labute approximate surface area is 105 Å². The van der Waals surface area contributed by atoms with Crippen molar-refractivity contribution in [1.29, 1.82) is 0 Å². The predicted octanol–water partition coefficient (Wildman–Crippen LogP) is 2.67. The molecule has 0 atom stereocenters. The Bertz CT molecular complexity index is 361. The molecule has 1 rings (SSSR count). The molecule has 17 heavy (non-hydrogen) atoms. The van der Waals surface area contributed by atoms with Crippen LogP contribution in [0.4, 0.5) is 5.69 Å². The van der Waals surface area contributed by atoms with Gasteiger partial charge in [0.25, 0.3) is 0 Å². The van der Waals surface area contributed by atoms with Crippen LogP contribution in [0.15, 0.2) is 18.2 Å². The summed E-state index contributed by atoms with van der Waals surface area (Å²) in [4.78, 5) is 0. The summed E-state index contributed by atoms with van der Waals surface area (Å²) in [6.07, 6.45) is 1.03. The Morgan fingerprint density at radius 3 is 2.53 bits per heavy atom. The third-order valence-corrected chi connectivity index (χ3v) is 2.76. The van der Waals surface area contributed by atoms with Gasteiger partial charge in [0, 0.05) is 12.1 Å². The van der Waals surface area contributed by atoms with E-state index in [9.17, 15) is 0 Å². The van der Waals surface area contributed by atoms with E-state index in [0.29, 0.717) is 0 Å². The summed E-state index contributed by atoms with van der Waals surface area (Å²) in [5.74, 6) is 0.895. The molecule has 0 aliphatic rings. The number of methoxy groups -OCH3 is 1. The van der Waals surface area contributed by atoms with E-state index in [1.54, 1.807) is 7.11 Å². The van der Waals surface area contributed by atoms with Gasteiger partial charge in [-0.2, -0.15) is 0 Å². The molecule has 0 amide bonds. The van der Waals surface area contributed by atoms with Crippen LogP contribution in [-0.4, -0.2) is 26.2 Å². The van der Waals surface area contributed by atoms with Crippen LogP contribution in [0, 0.1) is 0 Å². The first-order valence-electron chi connectivity index (χ1n) is 6.12. The quantitative estimate of drug-likeness (QED) is 0.796. The minimum Gasteiger partial charge on any atom is -0.495 e. The Morgan fingerprint density at radius 1 is 1.29 bits per heavy atom. The first kappa shape index (κ1) is 13.8. The van der Waals surface area contributed by atoms with Crippen molar-refractivity contribution in [2.45, 2.75) is 32.7 Å². The van der Waals surface area contributed by atoms with E-state index < -0.39 is 0 Å². The van der Waals surface area contributed by atoms with Crippen molar-refractivity contribution in [2.75, 3.05) is 26.0 Å². The number of aryl methyl sites for hydroxylation is 1. The summed E-state index contributed by atoms with van der Waals surface area (Å²) in [7, 11) is 3.67. The molecule has 96 valence electrons. The van der Waals surface area contributed by atoms with Crippen LogP contribution in [-0.2, 0) is 6.42 Å². The molecular formula is C14H24N2O. The number of benzene rings is 1. The van der Waals surface area contributed by atoms with Crippen molar-refractivity contribution >= 4 is 5.69 Å². The van der Waals surface area contributed by atoms with Crippen LogP contribution in [0.1, 0.15) is 26.3 Å². The lowest BCUT2D eigenvalue weighted by atomic mass is 10.0. The normalized spacial score (nSPS) is 11.4. The van der Waals surface area contributed by atoms with Gasteiger partial charge in [0.15, 0.2) is 0 Å². The zero-order chi connectivity index (χ0) is 12.9. The van der Waals surface area contributed by atoms with Crippen molar-refractivity contribution in [2.24, 2.45) is 0 Å². The summed E-state index contributed by atoms with van der Waals surface area (Å²) in [6, 6.07) is 6.29. The van der Waals surface area contributed by atoms with Crippen LogP contribution in [0.25, 0.3) is 0 Å². The lowest BCUT2D eigenvalue weighted by Crippen LogP contribution is -2.40. The van der Waals surface area contributed by atoms with Gasteiger partial charge in [0.05, 0.1) is 12.8 Å². The fourth-order valence-corrected chi connectivity index (χ4v) is 1.92. The molecule has 3 heteroatoms. The Kier molecular flexibility index (Phi) is 4.82. The second-order valence-corrected chi connectivity index (χ2v) is 4.93. The maximum atomic E-state index is 5.39. The molecule has 0 aliphatic heterocycles. The average molecular weight is 236 g/mol. The molecule has 0 saturated heterocycles. The third-order valence-electron chi connectivity index (χ3n) is 2.76. The molecule has 1 aromatic rings. The minimum absolute atomic E-state index is 0.00556. The molecule has 0 heterocycles. The zero-order valence-corrected chi connectivity index (χ0v) is 11.6. The summed E-state index contributed by atoms with van der Waals surface area (Å²) in [6.45, 7) is 7.39. The Hall–Kier alpha value is -1.22. The largest absolute Gasteiger partial charge is 0.495 e. The fourth-order valence-electron chi connectivity index (χ4n) is 1.92. The van der Waals surface area contributed by atoms with Gasteiger partial charge in [0.1, 0.15) is 5.75 Å². The van der Waals surface area contributed by atoms with Gasteiger partial charge in [-0.3, -0.25) is 0 Å². The Balaban J connectivity index is 2.94. The van der Waals surface area contributed by atoms with E-state index >= 15 is 0 Å². The molecule has 0 aromatic heterocycles. The van der Waals surface area contributed by atoms with Crippen molar-refractivity contribution in [1.82, 2.24) is 5.32 Å². The lowest BCUT2D eigenvalue weighted by Gasteiger charge is -2.28. The fraction of sp³-hybridized carbons (Fsp3) is 0.571. The van der Waals surface area contributed by atoms with Crippen molar-refractivity contribution in [3.63, 3.8) is 0 Å². The molecule has 0 spiro atoms. The van der Waals surface area contributed by atoms with Gasteiger partial charge in [-0.1, -0.05) is 13.0 Å². The molecule has 0 radical (unpaired) electrons. The minimum atomic E-state index is -0.00556. The number of rotatable bonds is 6. The monoisotopic (exact) mass is 236 g/mol. The van der Waals surface area contributed by atoms with Crippen LogP contribution >= 0.6 is 0 Å². The van der Waals surface area contributed by atoms with Gasteiger partial charge < -0.3 is 15.4 Å². The topological polar surface area (TPSA) is 33.3 Å². The molecule has 0 fully saturated rings. The van der Waals surface area contributed by atoms with Crippen LogP contribution in [0.5, 0.6) is 5.75 Å². The van der Waals surface area contributed by atoms with E-state index in [2.05, 4.69) is 43.5 Å². The molecule has 1 aromatic carbocycles. The highest BCUT2D eigenvalue weighted by atomic mass is 16.5. The summed E-state index contributed by atoms with van der Waals surface area (Å²) >= 11 is 0. The van der Waals surface area contributed by atoms with Crippen LogP contribution in [0.3, 0.4) is 0 Å². The Morgan fingerprint density at radius 2 is 2.00 bits per heavy atom. The van der Waals surface area contributed by atoms with Gasteiger partial charge in [0.2, 0.25) is 0 Å². The maximum absolute atomic E-state index is 5.39. The molecule has 0 saturated carbocycles. The highest BCUT2D eigenvalue weighted by Crippen LogP contribution is 2.28. The third kappa shape index (κ3) is 3.93. The first-order valence-corrected chi connectivity index (χ1v) is 6.12. The number of hydrogen-bond donors (Lipinski definition) is 2. The summed E-state index contributed by atoms with van der Waals surface area (Å²) in [5, 5.41) is 6.72. The van der Waals surface area contributed by atoms with E-state index in [1.807, 2.05) is 13.1 Å². The van der Waals surface area contributed by atoms with Gasteiger partial charge in [-0.25, -0.2) is 0 Å². The SMILES string of the molecule is CCc1ccc(OC)c(NC(C)(C)CNC)c1. The molecular weight excluding hydrogens is 212 g/mol. The second-order valence-electron chi connectivity index (χ2n) is 4.93. The summed E-state index contributed by atoms with van der Waals surface area (Å²) < 4.78 is 5.39. The van der Waals surface area contributed by atoms with E-state index in [4.69, 9.17) is 4.74 Å². The van der Waals surface area contributed by atoms with Gasteiger partial charge >= 0.3 is 0 Å². The number of anilines is 1. The number of ether oxygens (including phenoxy) is 1. The molecule has 0 unspecified atom stereocenters. The van der Waals surface area contributed by atoms with E-state index in [-0.39, 0.29) is 5.54 Å². The average Bonchev–Trinajstić information content (AvgIpc) is 2.28. The van der Waals surface area contributed by atoms with E-state index in [1.165, 1.54) is 5.56 Å². The highest BCUT2D eigenvalue weighted by Gasteiger charge is 2.18. The van der Waals surface area contributed by atoms with Crippen LogP contribution in [0.2, 0.25) is 0 Å². The molecule has 0 aliphatic carbocycles. The molecule has 0 bridgehead atoms. The standard InChI is InChI=1S/C14H24N2O/c1-6-11-7-8-13(17-5)12(9-11)16-14(2,3)10-15-4/h7-9,15-16H,6,10H2,1-5H3.